The molecule has 0 aromatic rings. The molecule has 1 atom stereocenters. The van der Waals surface area contributed by atoms with E-state index in [1.165, 1.54) is 38.5 Å². The molecule has 0 saturated carbocycles. The van der Waals surface area contributed by atoms with Gasteiger partial charge in [-0.15, -0.1) is 0 Å². The Morgan fingerprint density at radius 1 is 0.679 bits per heavy atom. The quantitative estimate of drug-likeness (QED) is 0.107. The van der Waals surface area contributed by atoms with E-state index in [9.17, 15) is 25.2 Å². The second kappa shape index (κ2) is 11.5. The molecule has 0 radical (unpaired) electrons. The topological polar surface area (TPSA) is 0 Å². The first-order valence-electron chi connectivity index (χ1n) is 9.81. The minimum atomic E-state index is -10.7. The summed E-state index contributed by atoms with van der Waals surface area (Å²) >= 11 is 19.2. The molecular weight excluding hydrogens is 470 g/mol. The van der Waals surface area contributed by atoms with Crippen molar-refractivity contribution in [3.05, 3.63) is 0 Å². The van der Waals surface area contributed by atoms with Crippen LogP contribution in [0.3, 0.4) is 0 Å². The fraction of sp³-hybridized carbons (Fsp3) is 1.00. The summed E-state index contributed by atoms with van der Waals surface area (Å²) in [4.78, 5) is 0. The van der Waals surface area contributed by atoms with Crippen molar-refractivity contribution >= 4 is 42.6 Å². The summed E-state index contributed by atoms with van der Waals surface area (Å²) in [6.07, 6.45) is 9.33. The third kappa shape index (κ3) is 18.8. The summed E-state index contributed by atoms with van der Waals surface area (Å²) in [5.74, 6) is 0. The minimum absolute atomic E-state index is 0.122. The van der Waals surface area contributed by atoms with Crippen LogP contribution in [0, 0.1) is 0 Å². The Morgan fingerprint density at radius 3 is 1.14 bits per heavy atom. The molecule has 0 N–H and O–H groups in total. The van der Waals surface area contributed by atoms with E-state index >= 15 is 0 Å². The van der Waals surface area contributed by atoms with E-state index in [2.05, 4.69) is 27.7 Å². The van der Waals surface area contributed by atoms with Gasteiger partial charge in [0.15, 0.2) is 0 Å². The summed E-state index contributed by atoms with van der Waals surface area (Å²) in [5, 5.41) is 0. The maximum absolute atomic E-state index is 10.7. The average molecular weight is 505 g/mol. The van der Waals surface area contributed by atoms with Gasteiger partial charge >= 0.3 is 33.0 Å². The van der Waals surface area contributed by atoms with Crippen molar-refractivity contribution in [3.63, 3.8) is 0 Å². The summed E-state index contributed by atoms with van der Waals surface area (Å²) in [7, 11) is -10.7. The molecule has 0 aliphatic heterocycles. The molecule has 0 bridgehead atoms. The Morgan fingerprint density at radius 2 is 0.964 bits per heavy atom. The van der Waals surface area contributed by atoms with Crippen molar-refractivity contribution in [2.45, 2.75) is 88.9 Å². The molecule has 28 heavy (non-hydrogen) atoms. The summed E-state index contributed by atoms with van der Waals surface area (Å²) in [6, 6.07) is 0.122. The number of hydrogen-bond acceptors (Lipinski definition) is 0. The van der Waals surface area contributed by atoms with Crippen LogP contribution in [0.25, 0.3) is 0 Å². The summed E-state index contributed by atoms with van der Waals surface area (Å²) < 4.78 is 59.0. The molecule has 1 unspecified atom stereocenters. The van der Waals surface area contributed by atoms with Crippen molar-refractivity contribution in [1.82, 2.24) is 0 Å². The Hall–Kier alpha value is 0.840. The van der Waals surface area contributed by atoms with Crippen molar-refractivity contribution in [3.8, 4) is 0 Å². The van der Waals surface area contributed by atoms with Crippen molar-refractivity contribution in [1.29, 1.82) is 0 Å². The van der Waals surface area contributed by atoms with Gasteiger partial charge in [0.25, 0.3) is 0 Å². The Balaban J connectivity index is 0. The third-order valence-electron chi connectivity index (χ3n) is 4.47. The Bertz CT molecular complexity index is 392. The number of nitrogens with zero attached hydrogens (tertiary/aromatic N) is 1. The van der Waals surface area contributed by atoms with Gasteiger partial charge in [0.1, 0.15) is 6.04 Å². The predicted molar refractivity (Wildman–Crippen MR) is 112 cm³/mol. The van der Waals surface area contributed by atoms with Crippen LogP contribution in [-0.2, 0) is 0 Å². The molecule has 0 aromatic heterocycles. The number of unbranched alkanes of at least 4 members (excludes halogenated alkanes) is 3. The van der Waals surface area contributed by atoms with E-state index in [-0.39, 0.29) is 6.04 Å². The van der Waals surface area contributed by atoms with Crippen LogP contribution in [0.15, 0.2) is 0 Å². The van der Waals surface area contributed by atoms with Gasteiger partial charge in [0.05, 0.1) is 19.6 Å². The zero-order valence-corrected chi connectivity index (χ0v) is 20.3. The van der Waals surface area contributed by atoms with E-state index in [1.807, 2.05) is 0 Å². The third-order valence-corrected chi connectivity index (χ3v) is 5.23. The molecule has 0 saturated heterocycles. The monoisotopic (exact) mass is 503 g/mol. The molecule has 0 rings (SSSR count). The van der Waals surface area contributed by atoms with E-state index in [0.29, 0.717) is 0 Å². The zero-order valence-electron chi connectivity index (χ0n) is 17.2. The summed E-state index contributed by atoms with van der Waals surface area (Å²) in [5.41, 5.74) is 0. The van der Waals surface area contributed by atoms with E-state index in [1.54, 1.807) is 0 Å². The number of quaternary nitrogens is 1. The molecule has 11 heteroatoms. The van der Waals surface area contributed by atoms with Gasteiger partial charge in [-0.1, -0.05) is 88.2 Å². The zero-order chi connectivity index (χ0) is 22.8. The van der Waals surface area contributed by atoms with E-state index in [4.69, 9.17) is 34.8 Å². The average Bonchev–Trinajstić information content (AvgIpc) is 2.48. The number of rotatable bonds is 12. The standard InChI is InChI=1S/C17H35Cl3N.F6P/c1-5-9-13-21(14-10-6-2,15-11-7-3)16(12-8-4)17(18,19)20;1-7(2,3,4,5)6/h16H,5-15H2,1-4H3;/q+1;-1. The predicted octanol–water partition coefficient (Wildman–Crippen LogP) is 10.1. The van der Waals surface area contributed by atoms with Crippen molar-refractivity contribution in [2.75, 3.05) is 19.6 Å². The van der Waals surface area contributed by atoms with Crippen LogP contribution in [0.1, 0.15) is 79.1 Å². The maximum atomic E-state index is 9.87. The number of hydrogen-bond donors (Lipinski definition) is 0. The SMILES string of the molecule is CCCC[N+](CCCC)(CCCC)C(CCC)C(Cl)(Cl)Cl.F[P-](F)(F)(F)(F)F. The van der Waals surface area contributed by atoms with Crippen LogP contribution in [0.2, 0.25) is 0 Å². The van der Waals surface area contributed by atoms with Crippen LogP contribution >= 0.6 is 42.6 Å². The molecule has 0 spiro atoms. The molecule has 1 nitrogen and oxygen atoms in total. The number of halogens is 9. The van der Waals surface area contributed by atoms with Crippen LogP contribution in [0.5, 0.6) is 0 Å². The fourth-order valence-corrected chi connectivity index (χ4v) is 4.19. The van der Waals surface area contributed by atoms with Gasteiger partial charge in [-0.05, 0) is 19.3 Å². The van der Waals surface area contributed by atoms with Gasteiger partial charge in [0, 0.05) is 6.42 Å². The Kier molecular flexibility index (Phi) is 12.7. The first kappa shape index (κ1) is 31.0. The van der Waals surface area contributed by atoms with Gasteiger partial charge in [0.2, 0.25) is 3.79 Å². The second-order valence-electron chi connectivity index (χ2n) is 7.25. The van der Waals surface area contributed by atoms with Gasteiger partial charge in [-0.3, -0.25) is 0 Å². The fourth-order valence-electron chi connectivity index (χ4n) is 3.24. The van der Waals surface area contributed by atoms with Gasteiger partial charge in [-0.2, -0.15) is 0 Å². The first-order chi connectivity index (χ1) is 12.3. The molecule has 0 aromatic carbocycles. The van der Waals surface area contributed by atoms with Crippen LogP contribution in [0.4, 0.5) is 25.2 Å². The first-order valence-corrected chi connectivity index (χ1v) is 13.0. The summed E-state index contributed by atoms with van der Waals surface area (Å²) in [6.45, 7) is 12.4. The normalized spacial score (nSPS) is 16.6. The van der Waals surface area contributed by atoms with E-state index < -0.39 is 11.6 Å². The van der Waals surface area contributed by atoms with Crippen LogP contribution in [-0.4, -0.2) is 34.0 Å². The van der Waals surface area contributed by atoms with Crippen LogP contribution < -0.4 is 0 Å². The molecule has 0 aliphatic rings. The van der Waals surface area contributed by atoms with Crippen molar-refractivity contribution in [2.24, 2.45) is 0 Å². The van der Waals surface area contributed by atoms with E-state index in [0.717, 1.165) is 37.0 Å². The molecule has 176 valence electrons. The molecule has 0 heterocycles. The molecule has 0 amide bonds. The molecule has 0 aliphatic carbocycles. The number of alkyl halides is 3. The van der Waals surface area contributed by atoms with Crippen molar-refractivity contribution < 1.29 is 29.7 Å². The van der Waals surface area contributed by atoms with Gasteiger partial charge < -0.3 is 4.48 Å². The molecule has 0 fully saturated rings. The molecular formula is C17H35Cl3F6NP. The Labute approximate surface area is 180 Å². The van der Waals surface area contributed by atoms with Gasteiger partial charge in [-0.25, -0.2) is 0 Å². The second-order valence-corrected chi connectivity index (χ2v) is 11.5.